The molecule has 0 fully saturated rings. The summed E-state index contributed by atoms with van der Waals surface area (Å²) in [4.78, 5) is 11.9. The molecule has 0 spiro atoms. The van der Waals surface area contributed by atoms with Crippen molar-refractivity contribution < 1.29 is 9.90 Å². The number of rotatable bonds is 2. The lowest BCUT2D eigenvalue weighted by Gasteiger charge is -2.19. The minimum atomic E-state index is -0.668. The van der Waals surface area contributed by atoms with Gasteiger partial charge >= 0.3 is 0 Å². The number of carbonyl (C=O) groups excluding carboxylic acids is 1. The van der Waals surface area contributed by atoms with E-state index >= 15 is 0 Å². The van der Waals surface area contributed by atoms with Gasteiger partial charge in [0.05, 0.1) is 5.92 Å². The van der Waals surface area contributed by atoms with Gasteiger partial charge in [0, 0.05) is 5.69 Å². The van der Waals surface area contributed by atoms with Crippen LogP contribution in [-0.2, 0) is 4.79 Å². The summed E-state index contributed by atoms with van der Waals surface area (Å²) in [6.07, 6.45) is -0.668. The Morgan fingerprint density at radius 2 is 1.81 bits per heavy atom. The predicted octanol–water partition coefficient (Wildman–Crippen LogP) is 3.44. The first-order valence-corrected chi connectivity index (χ1v) is 7.18. The number of anilines is 1. The molecule has 1 heterocycles. The second-order valence-electron chi connectivity index (χ2n) is 5.70. The molecule has 0 aromatic heterocycles. The Kier molecular flexibility index (Phi) is 3.30. The van der Waals surface area contributed by atoms with Crippen LogP contribution in [0.4, 0.5) is 5.69 Å². The minimum Gasteiger partial charge on any atom is -0.384 e. The summed E-state index contributed by atoms with van der Waals surface area (Å²) < 4.78 is 0. The number of nitrogens with one attached hydrogen (secondary N) is 1. The van der Waals surface area contributed by atoms with Crippen LogP contribution in [0.2, 0.25) is 0 Å². The van der Waals surface area contributed by atoms with Crippen LogP contribution in [0, 0.1) is 13.8 Å². The van der Waals surface area contributed by atoms with Crippen LogP contribution < -0.4 is 5.32 Å². The minimum absolute atomic E-state index is 0.0267. The Hall–Kier alpha value is -2.13. The summed E-state index contributed by atoms with van der Waals surface area (Å²) in [6.45, 7) is 5.88. The van der Waals surface area contributed by atoms with Gasteiger partial charge in [-0.1, -0.05) is 30.3 Å². The number of benzene rings is 2. The summed E-state index contributed by atoms with van der Waals surface area (Å²) in [7, 11) is 0. The third kappa shape index (κ3) is 2.14. The van der Waals surface area contributed by atoms with E-state index in [1.54, 1.807) is 0 Å². The fourth-order valence-corrected chi connectivity index (χ4v) is 2.95. The maximum atomic E-state index is 11.9. The highest BCUT2D eigenvalue weighted by molar-refractivity contribution is 6.03. The Morgan fingerprint density at radius 3 is 2.48 bits per heavy atom. The molecule has 0 saturated heterocycles. The zero-order chi connectivity index (χ0) is 15.1. The number of hydrogen-bond donors (Lipinski definition) is 2. The molecule has 2 unspecified atom stereocenters. The van der Waals surface area contributed by atoms with Crippen molar-refractivity contribution in [2.75, 3.05) is 5.32 Å². The van der Waals surface area contributed by atoms with Gasteiger partial charge in [-0.05, 0) is 54.7 Å². The van der Waals surface area contributed by atoms with E-state index in [0.717, 1.165) is 33.5 Å². The van der Waals surface area contributed by atoms with Gasteiger partial charge in [0.15, 0.2) is 0 Å². The SMILES string of the molecule is Cc1c(C(O)c2ccccc2)cc2c(c1C)NC(=O)C2C. The highest BCUT2D eigenvalue weighted by atomic mass is 16.3. The van der Waals surface area contributed by atoms with Gasteiger partial charge < -0.3 is 10.4 Å². The Balaban J connectivity index is 2.13. The molecule has 3 nitrogen and oxygen atoms in total. The van der Waals surface area contributed by atoms with E-state index in [1.165, 1.54) is 0 Å². The molecule has 0 aliphatic carbocycles. The normalized spacial score (nSPS) is 18.3. The van der Waals surface area contributed by atoms with Crippen molar-refractivity contribution in [3.05, 3.63) is 64.2 Å². The molecule has 108 valence electrons. The van der Waals surface area contributed by atoms with Crippen LogP contribution in [0.15, 0.2) is 36.4 Å². The average molecular weight is 281 g/mol. The van der Waals surface area contributed by atoms with Crippen LogP contribution in [0.1, 0.15) is 46.8 Å². The molecule has 1 amide bonds. The van der Waals surface area contributed by atoms with E-state index in [9.17, 15) is 9.90 Å². The molecule has 21 heavy (non-hydrogen) atoms. The molecule has 3 rings (SSSR count). The van der Waals surface area contributed by atoms with Gasteiger partial charge in [-0.2, -0.15) is 0 Å². The number of hydrogen-bond acceptors (Lipinski definition) is 2. The van der Waals surface area contributed by atoms with Crippen molar-refractivity contribution in [2.24, 2.45) is 0 Å². The van der Waals surface area contributed by atoms with Crippen molar-refractivity contribution in [1.29, 1.82) is 0 Å². The predicted molar refractivity (Wildman–Crippen MR) is 83.5 cm³/mol. The van der Waals surface area contributed by atoms with Crippen LogP contribution >= 0.6 is 0 Å². The molecule has 2 aromatic carbocycles. The summed E-state index contributed by atoms with van der Waals surface area (Å²) in [5, 5.41) is 13.6. The lowest BCUT2D eigenvalue weighted by Crippen LogP contribution is -2.08. The van der Waals surface area contributed by atoms with E-state index < -0.39 is 6.10 Å². The van der Waals surface area contributed by atoms with E-state index in [4.69, 9.17) is 0 Å². The van der Waals surface area contributed by atoms with Gasteiger partial charge in [0.25, 0.3) is 0 Å². The first-order chi connectivity index (χ1) is 10.0. The third-order valence-corrected chi connectivity index (χ3v) is 4.49. The van der Waals surface area contributed by atoms with Crippen molar-refractivity contribution in [3.63, 3.8) is 0 Å². The standard InChI is InChI=1S/C18H19NO2/c1-10-11(2)16-14(12(3)18(21)19-16)9-15(10)17(20)13-7-5-4-6-8-13/h4-9,12,17,20H,1-3H3,(H,19,21). The quantitative estimate of drug-likeness (QED) is 0.886. The Labute approximate surface area is 124 Å². The average Bonchev–Trinajstić information content (AvgIpc) is 2.79. The fourth-order valence-electron chi connectivity index (χ4n) is 2.95. The van der Waals surface area contributed by atoms with Crippen LogP contribution in [0.25, 0.3) is 0 Å². The van der Waals surface area contributed by atoms with Crippen molar-refractivity contribution in [1.82, 2.24) is 0 Å². The van der Waals surface area contributed by atoms with E-state index in [-0.39, 0.29) is 11.8 Å². The molecular weight excluding hydrogens is 262 g/mol. The fraction of sp³-hybridized carbons (Fsp3) is 0.278. The maximum absolute atomic E-state index is 11.9. The Bertz CT molecular complexity index is 707. The summed E-state index contributed by atoms with van der Waals surface area (Å²) in [6, 6.07) is 11.6. The van der Waals surface area contributed by atoms with Crippen molar-refractivity contribution in [2.45, 2.75) is 32.8 Å². The van der Waals surface area contributed by atoms with Crippen LogP contribution in [0.3, 0.4) is 0 Å². The summed E-state index contributed by atoms with van der Waals surface area (Å²) in [5.41, 5.74) is 5.70. The third-order valence-electron chi connectivity index (χ3n) is 4.49. The molecule has 2 N–H and O–H groups in total. The van der Waals surface area contributed by atoms with Gasteiger partial charge in [-0.3, -0.25) is 4.79 Å². The van der Waals surface area contributed by atoms with Crippen molar-refractivity contribution >= 4 is 11.6 Å². The number of amides is 1. The zero-order valence-electron chi connectivity index (χ0n) is 12.5. The van der Waals surface area contributed by atoms with Crippen LogP contribution in [-0.4, -0.2) is 11.0 Å². The lowest BCUT2D eigenvalue weighted by molar-refractivity contribution is -0.116. The molecule has 0 saturated carbocycles. The molecule has 2 aromatic rings. The molecule has 0 bridgehead atoms. The monoisotopic (exact) mass is 281 g/mol. The van der Waals surface area contributed by atoms with Gasteiger partial charge in [-0.25, -0.2) is 0 Å². The molecule has 3 heteroatoms. The second-order valence-corrected chi connectivity index (χ2v) is 5.70. The molecule has 1 aliphatic heterocycles. The second kappa shape index (κ2) is 5.01. The number of carbonyl (C=O) groups is 1. The number of fused-ring (bicyclic) bond motifs is 1. The van der Waals surface area contributed by atoms with E-state index in [1.807, 2.05) is 57.2 Å². The van der Waals surface area contributed by atoms with Gasteiger partial charge in [-0.15, -0.1) is 0 Å². The van der Waals surface area contributed by atoms with Crippen LogP contribution in [0.5, 0.6) is 0 Å². The Morgan fingerprint density at radius 1 is 1.14 bits per heavy atom. The highest BCUT2D eigenvalue weighted by Crippen LogP contribution is 2.40. The van der Waals surface area contributed by atoms with Gasteiger partial charge in [0.2, 0.25) is 5.91 Å². The lowest BCUT2D eigenvalue weighted by atomic mass is 9.89. The molecule has 2 atom stereocenters. The molecule has 1 aliphatic rings. The summed E-state index contributed by atoms with van der Waals surface area (Å²) in [5.74, 6) is -0.139. The number of aliphatic hydroxyl groups is 1. The van der Waals surface area contributed by atoms with E-state index in [2.05, 4.69) is 5.32 Å². The number of aliphatic hydroxyl groups excluding tert-OH is 1. The van der Waals surface area contributed by atoms with E-state index in [0.29, 0.717) is 0 Å². The topological polar surface area (TPSA) is 49.3 Å². The summed E-state index contributed by atoms with van der Waals surface area (Å²) >= 11 is 0. The maximum Gasteiger partial charge on any atom is 0.231 e. The zero-order valence-corrected chi connectivity index (χ0v) is 12.5. The first kappa shape index (κ1) is 13.8. The molecule has 0 radical (unpaired) electrons. The molecular formula is C18H19NO2. The van der Waals surface area contributed by atoms with Gasteiger partial charge in [0.1, 0.15) is 6.10 Å². The highest BCUT2D eigenvalue weighted by Gasteiger charge is 2.30. The van der Waals surface area contributed by atoms with Crippen molar-refractivity contribution in [3.8, 4) is 0 Å². The smallest absolute Gasteiger partial charge is 0.231 e. The first-order valence-electron chi connectivity index (χ1n) is 7.18. The largest absolute Gasteiger partial charge is 0.384 e.